The minimum Gasteiger partial charge on any atom is -0.311 e. The van der Waals surface area contributed by atoms with Crippen LogP contribution < -0.4 is 4.90 Å². The predicted molar refractivity (Wildman–Crippen MR) is 215 cm³/mol. The van der Waals surface area contributed by atoms with Gasteiger partial charge in [0.15, 0.2) is 0 Å². The van der Waals surface area contributed by atoms with Crippen LogP contribution in [0.4, 0.5) is 49.1 Å². The zero-order chi connectivity index (χ0) is 41.5. The SMILES string of the molecule is O=C(c1ccc(/C=C/c2ccc(N(c3ccc(/C=C/c4ccc(C(=O)C(F)(F)F)cc4)cc3)c3ccc(/C=C/c4ccc([N+](=O)[O-])cc4)cc3)cc2)cc1)C(F)(F)F. The van der Waals surface area contributed by atoms with Crippen molar-refractivity contribution in [2.24, 2.45) is 0 Å². The van der Waals surface area contributed by atoms with Crippen LogP contribution in [0.25, 0.3) is 36.5 Å². The number of anilines is 3. The molecule has 0 atom stereocenters. The van der Waals surface area contributed by atoms with Crippen LogP contribution in [0.3, 0.4) is 0 Å². The number of halogens is 6. The van der Waals surface area contributed by atoms with Crippen molar-refractivity contribution in [3.63, 3.8) is 0 Å². The lowest BCUT2D eigenvalue weighted by molar-refractivity contribution is -0.384. The van der Waals surface area contributed by atoms with E-state index in [1.165, 1.54) is 36.4 Å². The van der Waals surface area contributed by atoms with Gasteiger partial charge in [0.2, 0.25) is 0 Å². The standard InChI is InChI=1S/C46H30F6N2O4/c47-45(48,49)43(55)37-19-7-31(8-20-37)1-3-33-11-23-39(24-12-33)53(41-27-15-35(16-28-41)5-6-36-17-29-42(30-18-36)54(57)58)40-25-13-34(14-26-40)4-2-32-9-21-38(22-10-32)44(56)46(50,51)52/h1-30H/b3-1+,4-2+,6-5+. The highest BCUT2D eigenvalue weighted by molar-refractivity contribution is 6.01. The summed E-state index contributed by atoms with van der Waals surface area (Å²) in [6.07, 6.45) is 0.872. The zero-order valence-electron chi connectivity index (χ0n) is 30.1. The molecule has 0 saturated carbocycles. The van der Waals surface area contributed by atoms with Gasteiger partial charge in [0.05, 0.1) is 4.92 Å². The highest BCUT2D eigenvalue weighted by Crippen LogP contribution is 2.35. The zero-order valence-corrected chi connectivity index (χ0v) is 30.1. The molecule has 0 bridgehead atoms. The molecule has 0 spiro atoms. The summed E-state index contributed by atoms with van der Waals surface area (Å²) in [6.45, 7) is 0. The number of rotatable bonds is 12. The highest BCUT2D eigenvalue weighted by atomic mass is 19.4. The molecule has 0 saturated heterocycles. The molecule has 12 heteroatoms. The number of hydrogen-bond acceptors (Lipinski definition) is 5. The molecule has 6 aromatic rings. The second-order valence-electron chi connectivity index (χ2n) is 12.9. The molecule has 6 nitrogen and oxygen atoms in total. The Hall–Kier alpha value is -7.34. The number of nitro benzene ring substituents is 1. The molecule has 0 unspecified atom stereocenters. The Morgan fingerprint density at radius 3 is 0.862 bits per heavy atom. The summed E-state index contributed by atoms with van der Waals surface area (Å²) in [7, 11) is 0. The Morgan fingerprint density at radius 1 is 0.414 bits per heavy atom. The third-order valence-corrected chi connectivity index (χ3v) is 8.82. The smallest absolute Gasteiger partial charge is 0.311 e. The van der Waals surface area contributed by atoms with Gasteiger partial charge >= 0.3 is 12.4 Å². The molecule has 290 valence electrons. The molecule has 0 amide bonds. The van der Waals surface area contributed by atoms with E-state index in [1.807, 2.05) is 89.8 Å². The number of carbonyl (C=O) groups is 2. The van der Waals surface area contributed by atoms with Crippen molar-refractivity contribution in [3.8, 4) is 0 Å². The van der Waals surface area contributed by atoms with Crippen molar-refractivity contribution in [1.82, 2.24) is 0 Å². The first kappa shape index (κ1) is 40.3. The second-order valence-corrected chi connectivity index (χ2v) is 12.9. The van der Waals surface area contributed by atoms with E-state index in [9.17, 15) is 46.0 Å². The van der Waals surface area contributed by atoms with Crippen molar-refractivity contribution < 1.29 is 40.9 Å². The van der Waals surface area contributed by atoms with E-state index in [1.54, 1.807) is 36.4 Å². The third-order valence-electron chi connectivity index (χ3n) is 8.82. The molecule has 0 aliphatic carbocycles. The van der Waals surface area contributed by atoms with Crippen molar-refractivity contribution in [2.45, 2.75) is 12.4 Å². The first-order valence-electron chi connectivity index (χ1n) is 17.5. The molecule has 6 rings (SSSR count). The normalized spacial score (nSPS) is 12.0. The van der Waals surface area contributed by atoms with Crippen molar-refractivity contribution in [3.05, 3.63) is 200 Å². The molecule has 6 aromatic carbocycles. The number of nitro groups is 1. The van der Waals surface area contributed by atoms with Gasteiger partial charge in [-0.2, -0.15) is 26.3 Å². The quantitative estimate of drug-likeness (QED) is 0.0406. The fourth-order valence-corrected chi connectivity index (χ4v) is 5.75. The molecule has 0 N–H and O–H groups in total. The van der Waals surface area contributed by atoms with Crippen molar-refractivity contribution in [2.75, 3.05) is 4.90 Å². The van der Waals surface area contributed by atoms with E-state index >= 15 is 0 Å². The van der Waals surface area contributed by atoms with Gasteiger partial charge in [0.25, 0.3) is 17.3 Å². The topological polar surface area (TPSA) is 80.5 Å². The maximum atomic E-state index is 12.8. The molecule has 0 aliphatic rings. The molecular formula is C46H30F6N2O4. The molecule has 0 aliphatic heterocycles. The van der Waals surface area contributed by atoms with Gasteiger partial charge in [0, 0.05) is 40.3 Å². The summed E-state index contributed by atoms with van der Waals surface area (Å²) < 4.78 is 76.7. The van der Waals surface area contributed by atoms with Gasteiger partial charge in [-0.1, -0.05) is 121 Å². The molecule has 0 radical (unpaired) electrons. The van der Waals surface area contributed by atoms with Gasteiger partial charge in [0.1, 0.15) is 0 Å². The number of nitrogens with zero attached hydrogens (tertiary/aromatic N) is 2. The largest absolute Gasteiger partial charge is 0.454 e. The van der Waals surface area contributed by atoms with E-state index in [0.717, 1.165) is 63.6 Å². The Labute approximate surface area is 328 Å². The van der Waals surface area contributed by atoms with Gasteiger partial charge < -0.3 is 4.90 Å². The number of benzene rings is 6. The molecule has 0 aromatic heterocycles. The van der Waals surface area contributed by atoms with Gasteiger partial charge in [-0.3, -0.25) is 19.7 Å². The van der Waals surface area contributed by atoms with E-state index in [2.05, 4.69) is 0 Å². The van der Waals surface area contributed by atoms with E-state index in [4.69, 9.17) is 0 Å². The van der Waals surface area contributed by atoms with E-state index < -0.39 is 40.0 Å². The number of alkyl halides is 6. The summed E-state index contributed by atoms with van der Waals surface area (Å²) in [5.41, 5.74) is 6.05. The van der Waals surface area contributed by atoms with Crippen molar-refractivity contribution >= 4 is 70.8 Å². The number of Topliss-reactive ketones (excluding diaryl/α,β-unsaturated/α-hetero) is 2. The lowest BCUT2D eigenvalue weighted by atomic mass is 10.1. The average Bonchev–Trinajstić information content (AvgIpc) is 3.22. The molecule has 0 heterocycles. The summed E-state index contributed by atoms with van der Waals surface area (Å²) in [5.74, 6) is -3.81. The van der Waals surface area contributed by atoms with Crippen LogP contribution in [0, 0.1) is 10.1 Å². The minimum absolute atomic E-state index is 0.00222. The van der Waals surface area contributed by atoms with Crippen LogP contribution in [-0.2, 0) is 0 Å². The first-order valence-corrected chi connectivity index (χ1v) is 17.5. The maximum absolute atomic E-state index is 12.8. The molecular weight excluding hydrogens is 759 g/mol. The summed E-state index contributed by atoms with van der Waals surface area (Å²) in [6, 6.07) is 39.4. The third kappa shape index (κ3) is 10.3. The Balaban J connectivity index is 1.23. The van der Waals surface area contributed by atoms with Crippen molar-refractivity contribution in [1.29, 1.82) is 0 Å². The Morgan fingerprint density at radius 2 is 0.638 bits per heavy atom. The van der Waals surface area contributed by atoms with Gasteiger partial charge in [-0.05, 0) is 81.9 Å². The van der Waals surface area contributed by atoms with Crippen LogP contribution in [0.2, 0.25) is 0 Å². The first-order chi connectivity index (χ1) is 27.6. The highest BCUT2D eigenvalue weighted by Gasteiger charge is 2.39. The Kier molecular flexibility index (Phi) is 12.0. The van der Waals surface area contributed by atoms with Crippen LogP contribution in [0.1, 0.15) is 54.1 Å². The fraction of sp³-hybridized carbons (Fsp3) is 0.0435. The maximum Gasteiger partial charge on any atom is 0.454 e. The summed E-state index contributed by atoms with van der Waals surface area (Å²) in [4.78, 5) is 35.6. The predicted octanol–water partition coefficient (Wildman–Crippen LogP) is 13.1. The van der Waals surface area contributed by atoms with Crippen LogP contribution in [0.5, 0.6) is 0 Å². The summed E-state index contributed by atoms with van der Waals surface area (Å²) in [5, 5.41) is 11.0. The van der Waals surface area contributed by atoms with E-state index in [-0.39, 0.29) is 5.69 Å². The number of hydrogen-bond donors (Lipinski definition) is 0. The van der Waals surface area contributed by atoms with E-state index in [0.29, 0.717) is 11.1 Å². The molecule has 58 heavy (non-hydrogen) atoms. The lowest BCUT2D eigenvalue weighted by Crippen LogP contribution is -2.22. The number of ketones is 2. The number of non-ortho nitro benzene ring substituents is 1. The molecule has 0 fully saturated rings. The lowest BCUT2D eigenvalue weighted by Gasteiger charge is -2.26. The second kappa shape index (κ2) is 17.2. The Bertz CT molecular complexity index is 2360. The van der Waals surface area contributed by atoms with Crippen LogP contribution in [-0.4, -0.2) is 28.8 Å². The van der Waals surface area contributed by atoms with Gasteiger partial charge in [-0.15, -0.1) is 0 Å². The van der Waals surface area contributed by atoms with Crippen LogP contribution in [0.15, 0.2) is 146 Å². The monoisotopic (exact) mass is 788 g/mol. The minimum atomic E-state index is -4.95. The average molecular weight is 789 g/mol. The number of carbonyl (C=O) groups excluding carboxylic acids is 2. The fourth-order valence-electron chi connectivity index (χ4n) is 5.75. The van der Waals surface area contributed by atoms with Crippen LogP contribution >= 0.6 is 0 Å². The van der Waals surface area contributed by atoms with Gasteiger partial charge in [-0.25, -0.2) is 0 Å². The summed E-state index contributed by atoms with van der Waals surface area (Å²) >= 11 is 0.